The number of rotatable bonds is 5. The summed E-state index contributed by atoms with van der Waals surface area (Å²) in [4.78, 5) is 2.65. The lowest BCUT2D eigenvalue weighted by atomic mass is 9.81. The van der Waals surface area contributed by atoms with Gasteiger partial charge in [0.15, 0.2) is 0 Å². The normalized spacial score (nSPS) is 22.2. The zero-order valence-corrected chi connectivity index (χ0v) is 11.0. The Balaban J connectivity index is 2.66. The second-order valence-electron chi connectivity index (χ2n) is 5.75. The second kappa shape index (κ2) is 4.84. The molecule has 0 bridgehead atoms. The van der Waals surface area contributed by atoms with E-state index in [1.807, 2.05) is 0 Å². The first-order chi connectivity index (χ1) is 6.99. The smallest absolute Gasteiger partial charge is 0.0153 e. The topological polar surface area (TPSA) is 29.3 Å². The van der Waals surface area contributed by atoms with Crippen LogP contribution in [0.2, 0.25) is 0 Å². The van der Waals surface area contributed by atoms with Gasteiger partial charge in [-0.1, -0.05) is 13.8 Å². The lowest BCUT2D eigenvalue weighted by Gasteiger charge is -2.40. The highest BCUT2D eigenvalue weighted by atomic mass is 15.2. The van der Waals surface area contributed by atoms with Gasteiger partial charge in [0.05, 0.1) is 0 Å². The molecule has 0 atom stereocenters. The average molecular weight is 212 g/mol. The van der Waals surface area contributed by atoms with Crippen LogP contribution in [0.15, 0.2) is 0 Å². The third-order valence-electron chi connectivity index (χ3n) is 4.53. The van der Waals surface area contributed by atoms with E-state index in [2.05, 4.69) is 32.6 Å². The van der Waals surface area contributed by atoms with E-state index in [4.69, 9.17) is 5.73 Å². The van der Waals surface area contributed by atoms with E-state index < -0.39 is 0 Å². The number of nitrogens with two attached hydrogens (primary N) is 1. The summed E-state index contributed by atoms with van der Waals surface area (Å²) in [6.07, 6.45) is 5.08. The van der Waals surface area contributed by atoms with Crippen molar-refractivity contribution in [3.63, 3.8) is 0 Å². The molecule has 2 heteroatoms. The van der Waals surface area contributed by atoms with Crippen molar-refractivity contribution in [2.45, 2.75) is 58.9 Å². The fourth-order valence-electron chi connectivity index (χ4n) is 2.69. The molecule has 1 saturated heterocycles. The molecule has 1 aliphatic rings. The first kappa shape index (κ1) is 13.0. The Bertz CT molecular complexity index is 186. The number of likely N-dealkylation sites (tertiary alicyclic amines) is 1. The molecule has 0 aromatic heterocycles. The van der Waals surface area contributed by atoms with Crippen molar-refractivity contribution in [2.24, 2.45) is 11.1 Å². The Morgan fingerprint density at radius 3 is 2.20 bits per heavy atom. The summed E-state index contributed by atoms with van der Waals surface area (Å²) in [6.45, 7) is 12.6. The van der Waals surface area contributed by atoms with E-state index in [9.17, 15) is 0 Å². The van der Waals surface area contributed by atoms with Crippen molar-refractivity contribution >= 4 is 0 Å². The Morgan fingerprint density at radius 2 is 1.87 bits per heavy atom. The van der Waals surface area contributed by atoms with E-state index in [1.54, 1.807) is 0 Å². The maximum atomic E-state index is 5.97. The van der Waals surface area contributed by atoms with Crippen molar-refractivity contribution in [1.29, 1.82) is 0 Å². The second-order valence-corrected chi connectivity index (χ2v) is 5.75. The molecule has 0 spiro atoms. The minimum atomic E-state index is 0.349. The van der Waals surface area contributed by atoms with Crippen LogP contribution in [0.4, 0.5) is 0 Å². The van der Waals surface area contributed by atoms with Crippen LogP contribution in [-0.2, 0) is 0 Å². The molecule has 1 rings (SSSR count). The molecule has 0 aromatic carbocycles. The Kier molecular flexibility index (Phi) is 4.19. The zero-order valence-electron chi connectivity index (χ0n) is 11.0. The Labute approximate surface area is 95.2 Å². The summed E-state index contributed by atoms with van der Waals surface area (Å²) in [6, 6.07) is 0. The zero-order chi connectivity index (χ0) is 11.5. The largest absolute Gasteiger partial charge is 0.330 e. The van der Waals surface area contributed by atoms with Gasteiger partial charge >= 0.3 is 0 Å². The van der Waals surface area contributed by atoms with Crippen LogP contribution in [0.25, 0.3) is 0 Å². The van der Waals surface area contributed by atoms with E-state index in [0.29, 0.717) is 11.0 Å². The van der Waals surface area contributed by atoms with Gasteiger partial charge in [-0.15, -0.1) is 0 Å². The third-order valence-corrected chi connectivity index (χ3v) is 4.53. The monoisotopic (exact) mass is 212 g/mol. The summed E-state index contributed by atoms with van der Waals surface area (Å²) >= 11 is 0. The van der Waals surface area contributed by atoms with Crippen LogP contribution < -0.4 is 5.73 Å². The molecule has 1 aliphatic heterocycles. The van der Waals surface area contributed by atoms with Crippen LogP contribution >= 0.6 is 0 Å². The van der Waals surface area contributed by atoms with Gasteiger partial charge in [0.1, 0.15) is 0 Å². The molecule has 1 fully saturated rings. The molecule has 0 aromatic rings. The van der Waals surface area contributed by atoms with Crippen LogP contribution in [0.1, 0.15) is 53.4 Å². The molecule has 0 aliphatic carbocycles. The van der Waals surface area contributed by atoms with Crippen LogP contribution in [0, 0.1) is 5.41 Å². The van der Waals surface area contributed by atoms with E-state index in [0.717, 1.165) is 6.54 Å². The molecule has 15 heavy (non-hydrogen) atoms. The summed E-state index contributed by atoms with van der Waals surface area (Å²) in [5.41, 5.74) is 6.71. The summed E-state index contributed by atoms with van der Waals surface area (Å²) < 4.78 is 0. The number of nitrogens with zero attached hydrogens (tertiary/aromatic N) is 1. The van der Waals surface area contributed by atoms with E-state index >= 15 is 0 Å². The van der Waals surface area contributed by atoms with Gasteiger partial charge in [-0.2, -0.15) is 0 Å². The Morgan fingerprint density at radius 1 is 1.27 bits per heavy atom. The average Bonchev–Trinajstić information content (AvgIpc) is 2.55. The number of hydrogen-bond donors (Lipinski definition) is 1. The SMILES string of the molecule is CCC(CC)(CN)CN1CCCC1(C)C. The standard InChI is InChI=1S/C13H28N2/c1-5-13(6-2,10-14)11-15-9-7-8-12(15,3)4/h5-11,14H2,1-4H3. The molecule has 2 N–H and O–H groups in total. The van der Waals surface area contributed by atoms with E-state index in [1.165, 1.54) is 38.8 Å². The predicted octanol–water partition coefficient (Wildman–Crippen LogP) is 2.63. The summed E-state index contributed by atoms with van der Waals surface area (Å²) in [7, 11) is 0. The molecule has 0 unspecified atom stereocenters. The highest BCUT2D eigenvalue weighted by Gasteiger charge is 2.37. The highest BCUT2D eigenvalue weighted by molar-refractivity contribution is 4.92. The van der Waals surface area contributed by atoms with Gasteiger partial charge in [-0.25, -0.2) is 0 Å². The van der Waals surface area contributed by atoms with Gasteiger partial charge < -0.3 is 5.73 Å². The van der Waals surface area contributed by atoms with Crippen LogP contribution in [-0.4, -0.2) is 30.1 Å². The Hall–Kier alpha value is -0.0800. The van der Waals surface area contributed by atoms with Gasteiger partial charge in [-0.3, -0.25) is 4.90 Å². The molecule has 2 nitrogen and oxygen atoms in total. The van der Waals surface area contributed by atoms with Crippen molar-refractivity contribution < 1.29 is 0 Å². The summed E-state index contributed by atoms with van der Waals surface area (Å²) in [5.74, 6) is 0. The van der Waals surface area contributed by atoms with Gasteiger partial charge in [0.2, 0.25) is 0 Å². The summed E-state index contributed by atoms with van der Waals surface area (Å²) in [5, 5.41) is 0. The first-order valence-corrected chi connectivity index (χ1v) is 6.45. The molecular weight excluding hydrogens is 184 g/mol. The van der Waals surface area contributed by atoms with Crippen molar-refractivity contribution in [3.05, 3.63) is 0 Å². The first-order valence-electron chi connectivity index (χ1n) is 6.45. The minimum absolute atomic E-state index is 0.349. The quantitative estimate of drug-likeness (QED) is 0.759. The molecule has 0 saturated carbocycles. The van der Waals surface area contributed by atoms with Crippen molar-refractivity contribution in [2.75, 3.05) is 19.6 Å². The number of hydrogen-bond acceptors (Lipinski definition) is 2. The van der Waals surface area contributed by atoms with Crippen molar-refractivity contribution in [3.8, 4) is 0 Å². The van der Waals surface area contributed by atoms with Gasteiger partial charge in [0, 0.05) is 12.1 Å². The maximum absolute atomic E-state index is 5.97. The molecule has 90 valence electrons. The predicted molar refractivity (Wildman–Crippen MR) is 67.0 cm³/mol. The lowest BCUT2D eigenvalue weighted by Crippen LogP contribution is -2.47. The van der Waals surface area contributed by atoms with Crippen molar-refractivity contribution in [1.82, 2.24) is 4.90 Å². The minimum Gasteiger partial charge on any atom is -0.330 e. The van der Waals surface area contributed by atoms with Crippen LogP contribution in [0.3, 0.4) is 0 Å². The van der Waals surface area contributed by atoms with Gasteiger partial charge in [0.25, 0.3) is 0 Å². The fraction of sp³-hybridized carbons (Fsp3) is 1.00. The fourth-order valence-corrected chi connectivity index (χ4v) is 2.69. The van der Waals surface area contributed by atoms with E-state index in [-0.39, 0.29) is 0 Å². The lowest BCUT2D eigenvalue weighted by molar-refractivity contribution is 0.0923. The molecule has 1 heterocycles. The molecular formula is C13H28N2. The molecule has 0 radical (unpaired) electrons. The third kappa shape index (κ3) is 2.73. The van der Waals surface area contributed by atoms with Crippen LogP contribution in [0.5, 0.6) is 0 Å². The van der Waals surface area contributed by atoms with Gasteiger partial charge in [-0.05, 0) is 58.0 Å². The molecule has 0 amide bonds. The highest BCUT2D eigenvalue weighted by Crippen LogP contribution is 2.34. The maximum Gasteiger partial charge on any atom is 0.0153 e.